The van der Waals surface area contributed by atoms with Crippen molar-refractivity contribution in [1.29, 1.82) is 0 Å². The third kappa shape index (κ3) is 3.82. The zero-order chi connectivity index (χ0) is 21.3. The van der Waals surface area contributed by atoms with Gasteiger partial charge in [-0.1, -0.05) is 12.1 Å². The summed E-state index contributed by atoms with van der Waals surface area (Å²) in [5.74, 6) is 0.402. The highest BCUT2D eigenvalue weighted by atomic mass is 16.5. The second-order valence-electron chi connectivity index (χ2n) is 7.16. The van der Waals surface area contributed by atoms with Crippen LogP contribution in [0.1, 0.15) is 27.4 Å². The largest absolute Gasteiger partial charge is 0.494 e. The lowest BCUT2D eigenvalue weighted by atomic mass is 10.2. The van der Waals surface area contributed by atoms with Gasteiger partial charge in [-0.05, 0) is 68.8 Å². The molecule has 7 heteroatoms. The molecular weight excluding hydrogens is 378 g/mol. The van der Waals surface area contributed by atoms with Crippen LogP contribution < -0.4 is 10.1 Å². The molecular formula is C23H23N5O2. The predicted molar refractivity (Wildman–Crippen MR) is 116 cm³/mol. The van der Waals surface area contributed by atoms with Crippen molar-refractivity contribution in [2.45, 2.75) is 20.8 Å². The lowest BCUT2D eigenvalue weighted by Crippen LogP contribution is -2.13. The van der Waals surface area contributed by atoms with Gasteiger partial charge in [0, 0.05) is 17.6 Å². The number of aryl methyl sites for hydroxylation is 3. The van der Waals surface area contributed by atoms with E-state index in [-0.39, 0.29) is 5.91 Å². The Hall–Kier alpha value is -3.87. The zero-order valence-electron chi connectivity index (χ0n) is 17.4. The van der Waals surface area contributed by atoms with Crippen molar-refractivity contribution in [2.24, 2.45) is 0 Å². The van der Waals surface area contributed by atoms with Crippen molar-refractivity contribution in [3.05, 3.63) is 83.4 Å². The lowest BCUT2D eigenvalue weighted by Gasteiger charge is -2.09. The van der Waals surface area contributed by atoms with Crippen LogP contribution in [-0.4, -0.2) is 32.6 Å². The van der Waals surface area contributed by atoms with Crippen LogP contribution in [0, 0.1) is 20.8 Å². The molecule has 2 aromatic heterocycles. The number of carbonyl (C=O) groups is 1. The van der Waals surface area contributed by atoms with E-state index in [2.05, 4.69) is 15.5 Å². The average Bonchev–Trinajstić information content (AvgIpc) is 3.34. The van der Waals surface area contributed by atoms with Crippen LogP contribution in [0.3, 0.4) is 0 Å². The van der Waals surface area contributed by atoms with E-state index in [9.17, 15) is 4.79 Å². The Morgan fingerprint density at radius 1 is 1.00 bits per heavy atom. The molecule has 0 spiro atoms. The molecule has 4 aromatic rings. The van der Waals surface area contributed by atoms with E-state index in [4.69, 9.17) is 4.74 Å². The number of aromatic nitrogens is 4. The summed E-state index contributed by atoms with van der Waals surface area (Å²) in [4.78, 5) is 12.8. The molecule has 4 rings (SSSR count). The second kappa shape index (κ2) is 7.87. The van der Waals surface area contributed by atoms with Crippen molar-refractivity contribution in [1.82, 2.24) is 19.6 Å². The van der Waals surface area contributed by atoms with Crippen LogP contribution in [0.15, 0.2) is 60.8 Å². The van der Waals surface area contributed by atoms with E-state index in [0.29, 0.717) is 17.1 Å². The minimum absolute atomic E-state index is 0.286. The van der Waals surface area contributed by atoms with Crippen molar-refractivity contribution in [2.75, 3.05) is 12.4 Å². The molecule has 0 aliphatic rings. The van der Waals surface area contributed by atoms with Gasteiger partial charge in [0.25, 0.3) is 5.91 Å². The van der Waals surface area contributed by atoms with Gasteiger partial charge >= 0.3 is 0 Å². The fraction of sp³-hybridized carbons (Fsp3) is 0.174. The fourth-order valence-electron chi connectivity index (χ4n) is 3.36. The number of methoxy groups -OCH3 is 1. The highest BCUT2D eigenvalue weighted by Crippen LogP contribution is 2.24. The molecule has 0 saturated carbocycles. The maximum absolute atomic E-state index is 12.8. The number of nitrogens with one attached hydrogen (secondary N) is 1. The van der Waals surface area contributed by atoms with Gasteiger partial charge in [-0.15, -0.1) is 0 Å². The van der Waals surface area contributed by atoms with E-state index in [1.54, 1.807) is 24.1 Å². The molecule has 2 aromatic carbocycles. The standard InChI is InChI=1S/C23H23N5O2/c1-15-8-9-22(30-4)21(12-15)27-11-10-20(26-27)23(29)24-18-6-5-7-19(14-18)28-17(3)13-16(2)25-28/h5-14H,1-4H3,(H,24,29). The van der Waals surface area contributed by atoms with Crippen LogP contribution >= 0.6 is 0 Å². The van der Waals surface area contributed by atoms with Gasteiger partial charge in [-0.3, -0.25) is 4.79 Å². The van der Waals surface area contributed by atoms with Gasteiger partial charge in [0.15, 0.2) is 5.69 Å². The number of benzene rings is 2. The molecule has 2 heterocycles. The van der Waals surface area contributed by atoms with Gasteiger partial charge in [0.1, 0.15) is 11.4 Å². The molecule has 0 radical (unpaired) electrons. The number of carbonyl (C=O) groups excluding carboxylic acids is 1. The van der Waals surface area contributed by atoms with Crippen molar-refractivity contribution >= 4 is 11.6 Å². The van der Waals surface area contributed by atoms with E-state index >= 15 is 0 Å². The summed E-state index contributed by atoms with van der Waals surface area (Å²) in [7, 11) is 1.61. The van der Waals surface area contributed by atoms with Gasteiger partial charge in [-0.25, -0.2) is 9.36 Å². The Labute approximate surface area is 174 Å². The van der Waals surface area contributed by atoms with Crippen LogP contribution in [0.5, 0.6) is 5.75 Å². The maximum Gasteiger partial charge on any atom is 0.276 e. The smallest absolute Gasteiger partial charge is 0.276 e. The Balaban J connectivity index is 1.57. The third-order valence-electron chi connectivity index (χ3n) is 4.76. The summed E-state index contributed by atoms with van der Waals surface area (Å²) >= 11 is 0. The van der Waals surface area contributed by atoms with E-state index in [1.165, 1.54) is 0 Å². The minimum Gasteiger partial charge on any atom is -0.494 e. The first kappa shape index (κ1) is 19.4. The van der Waals surface area contributed by atoms with E-state index in [1.807, 2.05) is 74.0 Å². The van der Waals surface area contributed by atoms with Crippen molar-refractivity contribution in [3.63, 3.8) is 0 Å². The summed E-state index contributed by atoms with van der Waals surface area (Å²) in [6, 6.07) is 17.1. The molecule has 0 saturated heterocycles. The average molecular weight is 401 g/mol. The normalized spacial score (nSPS) is 10.8. The van der Waals surface area contributed by atoms with Crippen LogP contribution in [0.25, 0.3) is 11.4 Å². The van der Waals surface area contributed by atoms with E-state index < -0.39 is 0 Å². The van der Waals surface area contributed by atoms with Gasteiger partial charge in [0.2, 0.25) is 0 Å². The first-order valence-corrected chi connectivity index (χ1v) is 9.60. The predicted octanol–water partition coefficient (Wildman–Crippen LogP) is 4.24. The zero-order valence-corrected chi connectivity index (χ0v) is 17.4. The summed E-state index contributed by atoms with van der Waals surface area (Å²) in [5, 5.41) is 11.8. The molecule has 1 N–H and O–H groups in total. The molecule has 0 aliphatic carbocycles. The number of anilines is 1. The summed E-state index contributed by atoms with van der Waals surface area (Å²) in [5.41, 5.74) is 5.70. The molecule has 1 amide bonds. The first-order valence-electron chi connectivity index (χ1n) is 9.60. The number of ether oxygens (including phenoxy) is 1. The number of rotatable bonds is 5. The molecule has 0 atom stereocenters. The Bertz CT molecular complexity index is 1220. The maximum atomic E-state index is 12.8. The highest BCUT2D eigenvalue weighted by Gasteiger charge is 2.14. The monoisotopic (exact) mass is 401 g/mol. The van der Waals surface area contributed by atoms with Crippen molar-refractivity contribution < 1.29 is 9.53 Å². The molecule has 0 fully saturated rings. The van der Waals surface area contributed by atoms with Gasteiger partial charge < -0.3 is 10.1 Å². The quantitative estimate of drug-likeness (QED) is 0.543. The van der Waals surface area contributed by atoms with E-state index in [0.717, 1.165) is 28.3 Å². The second-order valence-corrected chi connectivity index (χ2v) is 7.16. The number of hydrogen-bond acceptors (Lipinski definition) is 4. The molecule has 0 bridgehead atoms. The van der Waals surface area contributed by atoms with Crippen LogP contribution in [0.4, 0.5) is 5.69 Å². The Morgan fingerprint density at radius 3 is 2.57 bits per heavy atom. The topological polar surface area (TPSA) is 74.0 Å². The lowest BCUT2D eigenvalue weighted by molar-refractivity contribution is 0.102. The summed E-state index contributed by atoms with van der Waals surface area (Å²) in [6.45, 7) is 5.95. The Kier molecular flexibility index (Phi) is 5.10. The molecule has 152 valence electrons. The fourth-order valence-corrected chi connectivity index (χ4v) is 3.36. The van der Waals surface area contributed by atoms with Crippen LogP contribution in [-0.2, 0) is 0 Å². The van der Waals surface area contributed by atoms with Crippen LogP contribution in [0.2, 0.25) is 0 Å². The molecule has 0 unspecified atom stereocenters. The third-order valence-corrected chi connectivity index (χ3v) is 4.76. The Morgan fingerprint density at radius 2 is 1.83 bits per heavy atom. The SMILES string of the molecule is COc1ccc(C)cc1-n1ccc(C(=O)Nc2cccc(-n3nc(C)cc3C)c2)n1. The minimum atomic E-state index is -0.286. The highest BCUT2D eigenvalue weighted by molar-refractivity contribution is 6.03. The van der Waals surface area contributed by atoms with Crippen molar-refractivity contribution in [3.8, 4) is 17.1 Å². The molecule has 7 nitrogen and oxygen atoms in total. The van der Waals surface area contributed by atoms with Gasteiger partial charge in [-0.2, -0.15) is 10.2 Å². The number of amides is 1. The molecule has 30 heavy (non-hydrogen) atoms. The number of nitrogens with zero attached hydrogens (tertiary/aromatic N) is 4. The first-order chi connectivity index (χ1) is 14.4. The van der Waals surface area contributed by atoms with Gasteiger partial charge in [0.05, 0.1) is 18.5 Å². The summed E-state index contributed by atoms with van der Waals surface area (Å²) < 4.78 is 8.91. The molecule has 0 aliphatic heterocycles. The summed E-state index contributed by atoms with van der Waals surface area (Å²) in [6.07, 6.45) is 1.75. The number of hydrogen-bond donors (Lipinski definition) is 1.